The summed E-state index contributed by atoms with van der Waals surface area (Å²) in [5, 5.41) is 3.08. The van der Waals surface area contributed by atoms with Gasteiger partial charge in [-0.2, -0.15) is 0 Å². The van der Waals surface area contributed by atoms with E-state index in [1.54, 1.807) is 31.6 Å². The van der Waals surface area contributed by atoms with Gasteiger partial charge in [0.25, 0.3) is 5.91 Å². The molecule has 0 unspecified atom stereocenters. The number of aromatic nitrogens is 3. The molecule has 2 bridgehead atoms. The van der Waals surface area contributed by atoms with Crippen molar-refractivity contribution in [3.63, 3.8) is 0 Å². The van der Waals surface area contributed by atoms with Gasteiger partial charge >= 0.3 is 0 Å². The van der Waals surface area contributed by atoms with Crippen molar-refractivity contribution in [3.05, 3.63) is 42.4 Å². The summed E-state index contributed by atoms with van der Waals surface area (Å²) in [7, 11) is 1.55. The van der Waals surface area contributed by atoms with E-state index in [1.165, 1.54) is 6.20 Å². The normalized spacial score (nSPS) is 30.3. The van der Waals surface area contributed by atoms with Crippen LogP contribution in [0.15, 0.2) is 36.8 Å². The Morgan fingerprint density at radius 3 is 2.96 bits per heavy atom. The third kappa shape index (κ3) is 2.79. The molecule has 3 aliphatic rings. The van der Waals surface area contributed by atoms with Crippen LogP contribution in [0.4, 0.5) is 5.95 Å². The maximum Gasteiger partial charge on any atom is 0.252 e. The average molecular weight is 381 g/mol. The van der Waals surface area contributed by atoms with Crippen LogP contribution in [0.25, 0.3) is 0 Å². The zero-order chi connectivity index (χ0) is 19.1. The Bertz CT molecular complexity index is 862. The molecule has 28 heavy (non-hydrogen) atoms. The van der Waals surface area contributed by atoms with Gasteiger partial charge < -0.3 is 19.7 Å². The van der Waals surface area contributed by atoms with Gasteiger partial charge in [-0.15, -0.1) is 0 Å². The molecular formula is C20H23N5O3. The number of pyridine rings is 1. The fourth-order valence-electron chi connectivity index (χ4n) is 5.02. The third-order valence-electron chi connectivity index (χ3n) is 6.32. The SMILES string of the molecule is COc1ccc(C(=O)NC[C@H]2[C@H]3CN(c4ncccn4)C[C@]34CC[C@H]2O4)cn1. The second-order valence-electron chi connectivity index (χ2n) is 7.76. The van der Waals surface area contributed by atoms with Crippen LogP contribution in [0.3, 0.4) is 0 Å². The summed E-state index contributed by atoms with van der Waals surface area (Å²) < 4.78 is 11.5. The summed E-state index contributed by atoms with van der Waals surface area (Å²) in [6, 6.07) is 5.25. The smallest absolute Gasteiger partial charge is 0.252 e. The van der Waals surface area contributed by atoms with E-state index in [0.717, 1.165) is 31.9 Å². The molecule has 8 nitrogen and oxygen atoms in total. The minimum absolute atomic E-state index is 0.117. The zero-order valence-corrected chi connectivity index (χ0v) is 15.7. The van der Waals surface area contributed by atoms with Crippen LogP contribution >= 0.6 is 0 Å². The minimum Gasteiger partial charge on any atom is -0.481 e. The summed E-state index contributed by atoms with van der Waals surface area (Å²) >= 11 is 0. The molecule has 4 atom stereocenters. The van der Waals surface area contributed by atoms with Crippen molar-refractivity contribution in [2.45, 2.75) is 24.5 Å². The zero-order valence-electron chi connectivity index (χ0n) is 15.7. The number of amides is 1. The number of nitrogens with zero attached hydrogens (tertiary/aromatic N) is 4. The van der Waals surface area contributed by atoms with Crippen LogP contribution in [-0.2, 0) is 4.74 Å². The van der Waals surface area contributed by atoms with E-state index in [4.69, 9.17) is 9.47 Å². The van der Waals surface area contributed by atoms with Crippen LogP contribution in [0.2, 0.25) is 0 Å². The quantitative estimate of drug-likeness (QED) is 0.835. The molecule has 0 aromatic carbocycles. The lowest BCUT2D eigenvalue weighted by molar-refractivity contribution is 0.0141. The number of ether oxygens (including phenoxy) is 2. The van der Waals surface area contributed by atoms with Gasteiger partial charge in [-0.3, -0.25) is 4.79 Å². The van der Waals surface area contributed by atoms with Gasteiger partial charge in [-0.1, -0.05) is 0 Å². The Labute approximate surface area is 163 Å². The maximum absolute atomic E-state index is 12.5. The first kappa shape index (κ1) is 17.4. The number of carbonyl (C=O) groups is 1. The molecule has 2 aromatic heterocycles. The van der Waals surface area contributed by atoms with Crippen molar-refractivity contribution in [3.8, 4) is 5.88 Å². The first-order valence-electron chi connectivity index (χ1n) is 9.66. The molecule has 3 aliphatic heterocycles. The monoisotopic (exact) mass is 381 g/mol. The average Bonchev–Trinajstić information content (AvgIpc) is 3.41. The second-order valence-corrected chi connectivity index (χ2v) is 7.76. The van der Waals surface area contributed by atoms with Gasteiger partial charge in [0.05, 0.1) is 30.9 Å². The Morgan fingerprint density at radius 1 is 1.36 bits per heavy atom. The lowest BCUT2D eigenvalue weighted by Gasteiger charge is -2.29. The lowest BCUT2D eigenvalue weighted by Crippen LogP contribution is -2.41. The first-order valence-corrected chi connectivity index (χ1v) is 9.66. The van der Waals surface area contributed by atoms with Crippen molar-refractivity contribution < 1.29 is 14.3 Å². The van der Waals surface area contributed by atoms with E-state index in [9.17, 15) is 4.79 Å². The fraction of sp³-hybridized carbons (Fsp3) is 0.500. The predicted octanol–water partition coefficient (Wildman–Crippen LogP) is 1.29. The number of anilines is 1. The third-order valence-corrected chi connectivity index (χ3v) is 6.32. The maximum atomic E-state index is 12.5. The number of methoxy groups -OCH3 is 1. The number of carbonyl (C=O) groups excluding carboxylic acids is 1. The Kier molecular flexibility index (Phi) is 4.16. The van der Waals surface area contributed by atoms with E-state index in [-0.39, 0.29) is 17.6 Å². The highest BCUT2D eigenvalue weighted by molar-refractivity contribution is 5.93. The minimum atomic E-state index is -0.124. The summed E-state index contributed by atoms with van der Waals surface area (Å²) in [4.78, 5) is 27.6. The van der Waals surface area contributed by atoms with Crippen LogP contribution in [-0.4, -0.2) is 59.3 Å². The van der Waals surface area contributed by atoms with Crippen LogP contribution in [0, 0.1) is 11.8 Å². The molecule has 146 valence electrons. The molecule has 0 radical (unpaired) electrons. The largest absolute Gasteiger partial charge is 0.481 e. The number of hydrogen-bond acceptors (Lipinski definition) is 7. The van der Waals surface area contributed by atoms with Gasteiger partial charge in [0.15, 0.2) is 0 Å². The second kappa shape index (κ2) is 6.70. The first-order chi connectivity index (χ1) is 13.7. The fourth-order valence-corrected chi connectivity index (χ4v) is 5.02. The number of nitrogens with one attached hydrogen (secondary N) is 1. The topological polar surface area (TPSA) is 89.5 Å². The van der Waals surface area contributed by atoms with Crippen molar-refractivity contribution in [1.82, 2.24) is 20.3 Å². The van der Waals surface area contributed by atoms with Gasteiger partial charge in [0.1, 0.15) is 0 Å². The Morgan fingerprint density at radius 2 is 2.21 bits per heavy atom. The van der Waals surface area contributed by atoms with Crippen LogP contribution in [0.1, 0.15) is 23.2 Å². The molecule has 3 saturated heterocycles. The number of hydrogen-bond donors (Lipinski definition) is 1. The van der Waals surface area contributed by atoms with Crippen molar-refractivity contribution in [2.24, 2.45) is 11.8 Å². The van der Waals surface area contributed by atoms with Crippen LogP contribution < -0.4 is 15.0 Å². The molecule has 1 amide bonds. The summed E-state index contributed by atoms with van der Waals surface area (Å²) in [6.45, 7) is 2.29. The van der Waals surface area contributed by atoms with E-state index < -0.39 is 0 Å². The van der Waals surface area contributed by atoms with Crippen molar-refractivity contribution >= 4 is 11.9 Å². The van der Waals surface area contributed by atoms with Gasteiger partial charge in [0.2, 0.25) is 11.8 Å². The summed E-state index contributed by atoms with van der Waals surface area (Å²) in [5.74, 6) is 1.81. The van der Waals surface area contributed by atoms with E-state index in [0.29, 0.717) is 29.8 Å². The molecule has 3 fully saturated rings. The van der Waals surface area contributed by atoms with Gasteiger partial charge in [-0.05, 0) is 25.0 Å². The molecular weight excluding hydrogens is 358 g/mol. The van der Waals surface area contributed by atoms with Crippen LogP contribution in [0.5, 0.6) is 5.88 Å². The Hall–Kier alpha value is -2.74. The predicted molar refractivity (Wildman–Crippen MR) is 101 cm³/mol. The number of fused-ring (bicyclic) bond motifs is 1. The van der Waals surface area contributed by atoms with Gasteiger partial charge in [-0.25, -0.2) is 15.0 Å². The highest BCUT2D eigenvalue weighted by atomic mass is 16.5. The molecule has 5 rings (SSSR count). The van der Waals surface area contributed by atoms with Crippen molar-refractivity contribution in [1.29, 1.82) is 0 Å². The summed E-state index contributed by atoms with van der Waals surface area (Å²) in [6.07, 6.45) is 7.42. The van der Waals surface area contributed by atoms with E-state index in [1.807, 2.05) is 6.07 Å². The molecule has 1 spiro atoms. The summed E-state index contributed by atoms with van der Waals surface area (Å²) in [5.41, 5.74) is 0.409. The molecule has 1 N–H and O–H groups in total. The molecule has 8 heteroatoms. The van der Waals surface area contributed by atoms with E-state index >= 15 is 0 Å². The highest BCUT2D eigenvalue weighted by Gasteiger charge is 2.63. The molecule has 0 saturated carbocycles. The highest BCUT2D eigenvalue weighted by Crippen LogP contribution is 2.54. The standard InChI is InChI=1S/C20H23N5O3/c1-27-17-4-3-13(9-23-17)18(26)24-10-14-15-11-25(19-21-7-2-8-22-19)12-20(15)6-5-16(14)28-20/h2-4,7-9,14-16H,5-6,10-12H2,1H3,(H,24,26)/t14-,15+,16+,20+/m0/s1. The van der Waals surface area contributed by atoms with E-state index in [2.05, 4.69) is 25.2 Å². The molecule has 0 aliphatic carbocycles. The van der Waals surface area contributed by atoms with Crippen molar-refractivity contribution in [2.75, 3.05) is 31.6 Å². The lowest BCUT2D eigenvalue weighted by atomic mass is 9.73. The Balaban J connectivity index is 1.27. The molecule has 2 aromatic rings. The van der Waals surface area contributed by atoms with Gasteiger partial charge in [0, 0.05) is 49.6 Å². The molecule has 5 heterocycles. The number of rotatable bonds is 5.